The van der Waals surface area contributed by atoms with Crippen molar-refractivity contribution in [1.82, 2.24) is 4.90 Å². The van der Waals surface area contributed by atoms with Crippen molar-refractivity contribution < 1.29 is 4.39 Å². The van der Waals surface area contributed by atoms with Crippen LogP contribution in [0.4, 0.5) is 21.5 Å². The molecule has 1 N–H and O–H groups in total. The lowest BCUT2D eigenvalue weighted by Gasteiger charge is -2.13. The van der Waals surface area contributed by atoms with E-state index in [9.17, 15) is 4.39 Å². The van der Waals surface area contributed by atoms with Crippen molar-refractivity contribution in [3.63, 3.8) is 0 Å². The Hall–Kier alpha value is -2.07. The molecule has 0 radical (unpaired) electrons. The van der Waals surface area contributed by atoms with E-state index in [1.165, 1.54) is 6.07 Å². The highest BCUT2D eigenvalue weighted by Crippen LogP contribution is 2.29. The summed E-state index contributed by atoms with van der Waals surface area (Å²) in [5.74, 6) is -0.435. The monoisotopic (exact) mass is 333 g/mol. The summed E-state index contributed by atoms with van der Waals surface area (Å²) in [7, 11) is 1.98. The van der Waals surface area contributed by atoms with Gasteiger partial charge < -0.3 is 10.2 Å². The van der Waals surface area contributed by atoms with Crippen molar-refractivity contribution >= 4 is 35.0 Å². The topological polar surface area (TPSA) is 27.6 Å². The normalized spacial score (nSPS) is 11.0. The maximum atomic E-state index is 13.5. The molecule has 122 valence electrons. The van der Waals surface area contributed by atoms with Crippen LogP contribution in [0.15, 0.2) is 35.3 Å². The molecule has 2 rings (SSSR count). The molecule has 0 spiro atoms. The average molecular weight is 334 g/mol. The first-order valence-electron chi connectivity index (χ1n) is 7.48. The van der Waals surface area contributed by atoms with Crippen LogP contribution in [-0.4, -0.2) is 24.8 Å². The number of nitrogens with zero attached hydrogens (tertiary/aromatic N) is 2. The predicted molar refractivity (Wildman–Crippen MR) is 97.1 cm³/mol. The molecule has 0 unspecified atom stereocenters. The summed E-state index contributed by atoms with van der Waals surface area (Å²) >= 11 is 5.71. The van der Waals surface area contributed by atoms with E-state index in [0.717, 1.165) is 29.0 Å². The Kier molecular flexibility index (Phi) is 5.61. The largest absolute Gasteiger partial charge is 0.366 e. The van der Waals surface area contributed by atoms with Gasteiger partial charge in [0.15, 0.2) is 0 Å². The Bertz CT molecular complexity index is 728. The molecule has 0 bridgehead atoms. The van der Waals surface area contributed by atoms with Crippen molar-refractivity contribution in [2.45, 2.75) is 20.8 Å². The summed E-state index contributed by atoms with van der Waals surface area (Å²) in [4.78, 5) is 6.52. The minimum atomic E-state index is -0.435. The van der Waals surface area contributed by atoms with Crippen LogP contribution in [0.3, 0.4) is 0 Å². The number of anilines is 2. The van der Waals surface area contributed by atoms with E-state index >= 15 is 0 Å². The fraction of sp³-hybridized carbons (Fsp3) is 0.278. The molecule has 0 amide bonds. The standard InChI is InChI=1S/C18H21ClFN3/c1-5-23(4)11-21-17-8-13(3)18(9-12(17)2)22-14-6-7-15(19)16(20)10-14/h6-11,22H,5H2,1-4H3/b21-11-. The number of benzene rings is 2. The van der Waals surface area contributed by atoms with Gasteiger partial charge in [0.1, 0.15) is 5.82 Å². The van der Waals surface area contributed by atoms with E-state index in [1.807, 2.05) is 44.3 Å². The van der Waals surface area contributed by atoms with Crippen molar-refractivity contribution in [3.05, 3.63) is 52.3 Å². The van der Waals surface area contributed by atoms with Crippen molar-refractivity contribution in [1.29, 1.82) is 0 Å². The minimum Gasteiger partial charge on any atom is -0.366 e. The second kappa shape index (κ2) is 7.47. The molecule has 2 aromatic rings. The lowest BCUT2D eigenvalue weighted by Crippen LogP contribution is -2.14. The van der Waals surface area contributed by atoms with E-state index in [1.54, 1.807) is 12.1 Å². The zero-order valence-corrected chi connectivity index (χ0v) is 14.6. The van der Waals surface area contributed by atoms with Gasteiger partial charge in [0, 0.05) is 25.0 Å². The van der Waals surface area contributed by atoms with Gasteiger partial charge in [-0.05, 0) is 62.2 Å². The smallest absolute Gasteiger partial charge is 0.143 e. The molecule has 5 heteroatoms. The maximum Gasteiger partial charge on any atom is 0.143 e. The van der Waals surface area contributed by atoms with Crippen LogP contribution in [-0.2, 0) is 0 Å². The van der Waals surface area contributed by atoms with Gasteiger partial charge >= 0.3 is 0 Å². The summed E-state index contributed by atoms with van der Waals surface area (Å²) < 4.78 is 13.5. The van der Waals surface area contributed by atoms with E-state index in [2.05, 4.69) is 17.2 Å². The highest BCUT2D eigenvalue weighted by molar-refractivity contribution is 6.30. The van der Waals surface area contributed by atoms with Crippen LogP contribution in [0, 0.1) is 19.7 Å². The van der Waals surface area contributed by atoms with E-state index in [-0.39, 0.29) is 5.02 Å². The molecule has 0 saturated carbocycles. The van der Waals surface area contributed by atoms with Crippen LogP contribution in [0.2, 0.25) is 5.02 Å². The molecule has 2 aromatic carbocycles. The SMILES string of the molecule is CCN(C)/C=N\c1cc(C)c(Nc2ccc(Cl)c(F)c2)cc1C. The molecule has 3 nitrogen and oxygen atoms in total. The molecule has 0 aliphatic heterocycles. The fourth-order valence-electron chi connectivity index (χ4n) is 2.05. The third kappa shape index (κ3) is 4.45. The third-order valence-corrected chi connectivity index (χ3v) is 3.94. The molecular weight excluding hydrogens is 313 g/mol. The van der Waals surface area contributed by atoms with Gasteiger partial charge in [-0.2, -0.15) is 0 Å². The number of nitrogens with one attached hydrogen (secondary N) is 1. The highest BCUT2D eigenvalue weighted by atomic mass is 35.5. The van der Waals surface area contributed by atoms with Gasteiger partial charge in [-0.15, -0.1) is 0 Å². The molecule has 0 aliphatic rings. The van der Waals surface area contributed by atoms with Crippen molar-refractivity contribution in [3.8, 4) is 0 Å². The summed E-state index contributed by atoms with van der Waals surface area (Å²) in [6.45, 7) is 6.98. The van der Waals surface area contributed by atoms with Crippen LogP contribution in [0.1, 0.15) is 18.1 Å². The van der Waals surface area contributed by atoms with Crippen LogP contribution in [0.5, 0.6) is 0 Å². The first kappa shape index (κ1) is 17.3. The second-order valence-electron chi connectivity index (χ2n) is 5.53. The number of halogens is 2. The predicted octanol–water partition coefficient (Wildman–Crippen LogP) is 5.45. The Balaban J connectivity index is 2.25. The zero-order chi connectivity index (χ0) is 17.0. The van der Waals surface area contributed by atoms with E-state index in [0.29, 0.717) is 5.69 Å². The van der Waals surface area contributed by atoms with Crippen LogP contribution >= 0.6 is 11.6 Å². The summed E-state index contributed by atoms with van der Waals surface area (Å²) in [5, 5.41) is 3.34. The quantitative estimate of drug-likeness (QED) is 0.582. The lowest BCUT2D eigenvalue weighted by atomic mass is 10.1. The van der Waals surface area contributed by atoms with Crippen LogP contribution in [0.25, 0.3) is 0 Å². The molecule has 0 fully saturated rings. The Morgan fingerprint density at radius 1 is 1.22 bits per heavy atom. The summed E-state index contributed by atoms with van der Waals surface area (Å²) in [6, 6.07) is 8.72. The molecular formula is C18H21ClFN3. The number of aryl methyl sites for hydroxylation is 2. The maximum absolute atomic E-state index is 13.5. The third-order valence-electron chi connectivity index (χ3n) is 3.63. The fourth-order valence-corrected chi connectivity index (χ4v) is 2.16. The minimum absolute atomic E-state index is 0.119. The van der Waals surface area contributed by atoms with Gasteiger partial charge in [0.25, 0.3) is 0 Å². The molecule has 23 heavy (non-hydrogen) atoms. The molecule has 0 heterocycles. The van der Waals surface area contributed by atoms with Crippen LogP contribution < -0.4 is 5.32 Å². The number of aliphatic imine (C=N–C) groups is 1. The van der Waals surface area contributed by atoms with E-state index < -0.39 is 5.82 Å². The molecule has 0 atom stereocenters. The first-order valence-corrected chi connectivity index (χ1v) is 7.86. The van der Waals surface area contributed by atoms with Gasteiger partial charge in [0.05, 0.1) is 17.0 Å². The highest BCUT2D eigenvalue weighted by Gasteiger charge is 2.06. The first-order chi connectivity index (χ1) is 10.9. The van der Waals surface area contributed by atoms with Gasteiger partial charge in [-0.3, -0.25) is 0 Å². The second-order valence-corrected chi connectivity index (χ2v) is 5.93. The van der Waals surface area contributed by atoms with Gasteiger partial charge in [-0.1, -0.05) is 11.6 Å². The Morgan fingerprint density at radius 3 is 2.61 bits per heavy atom. The number of rotatable bonds is 5. The summed E-state index contributed by atoms with van der Waals surface area (Å²) in [6.07, 6.45) is 1.82. The van der Waals surface area contributed by atoms with Gasteiger partial charge in [0.2, 0.25) is 0 Å². The van der Waals surface area contributed by atoms with Crippen molar-refractivity contribution in [2.24, 2.45) is 4.99 Å². The number of hydrogen-bond acceptors (Lipinski definition) is 2. The van der Waals surface area contributed by atoms with E-state index in [4.69, 9.17) is 11.6 Å². The lowest BCUT2D eigenvalue weighted by molar-refractivity contribution is 0.552. The zero-order valence-electron chi connectivity index (χ0n) is 13.8. The molecule has 0 aliphatic carbocycles. The van der Waals surface area contributed by atoms with Gasteiger partial charge in [-0.25, -0.2) is 9.38 Å². The summed E-state index contributed by atoms with van der Waals surface area (Å²) in [5.41, 5.74) is 4.60. The average Bonchev–Trinajstić information content (AvgIpc) is 2.52. The van der Waals surface area contributed by atoms with Crippen molar-refractivity contribution in [2.75, 3.05) is 18.9 Å². The molecule has 0 saturated heterocycles. The number of hydrogen-bond donors (Lipinski definition) is 1. The Morgan fingerprint density at radius 2 is 1.96 bits per heavy atom. The molecule has 0 aromatic heterocycles. The Labute approximate surface area is 141 Å².